The Hall–Kier alpha value is -3.15. The fourth-order valence-corrected chi connectivity index (χ4v) is 3.20. The molecule has 3 aromatic rings. The number of anilines is 1. The lowest BCUT2D eigenvalue weighted by atomic mass is 10.1. The maximum atomic E-state index is 12.6. The summed E-state index contributed by atoms with van der Waals surface area (Å²) in [5, 5.41) is 0.785. The lowest BCUT2D eigenvalue weighted by molar-refractivity contribution is -0.126. The van der Waals surface area contributed by atoms with Crippen molar-refractivity contribution in [3.05, 3.63) is 60.4 Å². The van der Waals surface area contributed by atoms with Crippen LogP contribution in [0, 0.1) is 0 Å². The fourth-order valence-electron chi connectivity index (χ4n) is 3.20. The van der Waals surface area contributed by atoms with Crippen LogP contribution >= 0.6 is 0 Å². The first-order chi connectivity index (χ1) is 12.2. The molecule has 6 heteroatoms. The summed E-state index contributed by atoms with van der Waals surface area (Å²) in [4.78, 5) is 36.4. The van der Waals surface area contributed by atoms with Crippen LogP contribution in [0.4, 0.5) is 5.82 Å². The van der Waals surface area contributed by atoms with E-state index < -0.39 is 11.7 Å². The van der Waals surface area contributed by atoms with Crippen molar-refractivity contribution in [1.29, 1.82) is 0 Å². The zero-order chi connectivity index (χ0) is 17.2. The largest absolute Gasteiger partial charge is 0.360 e. The predicted molar refractivity (Wildman–Crippen MR) is 95.7 cm³/mol. The van der Waals surface area contributed by atoms with E-state index >= 15 is 0 Å². The molecule has 0 aliphatic carbocycles. The van der Waals surface area contributed by atoms with Crippen molar-refractivity contribution in [2.45, 2.75) is 0 Å². The Balaban J connectivity index is 1.46. The second-order valence-corrected chi connectivity index (χ2v) is 6.04. The zero-order valence-electron chi connectivity index (χ0n) is 13.7. The van der Waals surface area contributed by atoms with Crippen LogP contribution in [0.25, 0.3) is 10.9 Å². The molecule has 126 valence electrons. The number of piperazine rings is 1. The standard InChI is InChI=1S/C19H18N4O2/c24-18(15-13-21-16-6-2-1-5-14(15)16)19(25)23-11-9-22(10-12-23)17-7-3-4-8-20-17/h1-8,13,21H,9-12H2. The molecule has 0 atom stereocenters. The number of carbonyl (C=O) groups excluding carboxylic acids is 2. The number of para-hydroxylation sites is 1. The van der Waals surface area contributed by atoms with Gasteiger partial charge in [-0.15, -0.1) is 0 Å². The highest BCUT2D eigenvalue weighted by Crippen LogP contribution is 2.19. The summed E-state index contributed by atoms with van der Waals surface area (Å²) in [6.45, 7) is 2.38. The highest BCUT2D eigenvalue weighted by atomic mass is 16.2. The van der Waals surface area contributed by atoms with Crippen LogP contribution < -0.4 is 4.90 Å². The van der Waals surface area contributed by atoms with Gasteiger partial charge in [-0.25, -0.2) is 4.98 Å². The van der Waals surface area contributed by atoms with Crippen LogP contribution in [-0.2, 0) is 4.79 Å². The molecule has 3 heterocycles. The van der Waals surface area contributed by atoms with Crippen molar-refractivity contribution >= 4 is 28.4 Å². The molecule has 1 aliphatic rings. The molecule has 6 nitrogen and oxygen atoms in total. The van der Waals surface area contributed by atoms with Crippen LogP contribution in [0.15, 0.2) is 54.9 Å². The minimum atomic E-state index is -0.455. The Morgan fingerprint density at radius 2 is 1.72 bits per heavy atom. The summed E-state index contributed by atoms with van der Waals surface area (Å²) in [7, 11) is 0. The monoisotopic (exact) mass is 334 g/mol. The van der Waals surface area contributed by atoms with Crippen LogP contribution in [0.3, 0.4) is 0 Å². The van der Waals surface area contributed by atoms with Gasteiger partial charge in [0.05, 0.1) is 5.56 Å². The van der Waals surface area contributed by atoms with E-state index in [1.807, 2.05) is 42.5 Å². The van der Waals surface area contributed by atoms with E-state index in [9.17, 15) is 9.59 Å². The second kappa shape index (κ2) is 6.39. The number of aromatic amines is 1. The molecule has 1 saturated heterocycles. The Morgan fingerprint density at radius 3 is 2.48 bits per heavy atom. The summed E-state index contributed by atoms with van der Waals surface area (Å²) < 4.78 is 0. The normalized spacial score (nSPS) is 14.7. The van der Waals surface area contributed by atoms with E-state index in [-0.39, 0.29) is 0 Å². The molecule has 0 unspecified atom stereocenters. The van der Waals surface area contributed by atoms with E-state index in [1.165, 1.54) is 0 Å². The lowest BCUT2D eigenvalue weighted by Crippen LogP contribution is -2.50. The molecule has 1 amide bonds. The quantitative estimate of drug-likeness (QED) is 0.588. The van der Waals surface area contributed by atoms with Crippen molar-refractivity contribution in [3.63, 3.8) is 0 Å². The van der Waals surface area contributed by atoms with Gasteiger partial charge in [0.25, 0.3) is 11.7 Å². The number of nitrogens with one attached hydrogen (secondary N) is 1. The van der Waals surface area contributed by atoms with E-state index in [0.717, 1.165) is 16.7 Å². The Bertz CT molecular complexity index is 911. The number of hydrogen-bond acceptors (Lipinski definition) is 4. The summed E-state index contributed by atoms with van der Waals surface area (Å²) >= 11 is 0. The van der Waals surface area contributed by atoms with Crippen molar-refractivity contribution in [3.8, 4) is 0 Å². The first-order valence-electron chi connectivity index (χ1n) is 8.30. The maximum absolute atomic E-state index is 12.6. The van der Waals surface area contributed by atoms with Crippen molar-refractivity contribution in [2.24, 2.45) is 0 Å². The topological polar surface area (TPSA) is 69.3 Å². The summed E-state index contributed by atoms with van der Waals surface area (Å²) in [5.74, 6) is 0.00622. The number of pyridine rings is 1. The van der Waals surface area contributed by atoms with Crippen molar-refractivity contribution in [2.75, 3.05) is 31.1 Å². The van der Waals surface area contributed by atoms with Gasteiger partial charge in [-0.3, -0.25) is 9.59 Å². The van der Waals surface area contributed by atoms with Crippen LogP contribution in [0.2, 0.25) is 0 Å². The number of carbonyl (C=O) groups is 2. The fraction of sp³-hybridized carbons (Fsp3) is 0.211. The van der Waals surface area contributed by atoms with E-state index in [4.69, 9.17) is 0 Å². The van der Waals surface area contributed by atoms with Crippen LogP contribution in [0.5, 0.6) is 0 Å². The molecule has 1 aromatic carbocycles. The molecule has 1 fully saturated rings. The highest BCUT2D eigenvalue weighted by molar-refractivity contribution is 6.44. The minimum Gasteiger partial charge on any atom is -0.360 e. The lowest BCUT2D eigenvalue weighted by Gasteiger charge is -2.35. The van der Waals surface area contributed by atoms with Gasteiger partial charge in [-0.1, -0.05) is 24.3 Å². The molecule has 1 aliphatic heterocycles. The Labute approximate surface area is 145 Å². The predicted octanol–water partition coefficient (Wildman–Crippen LogP) is 2.09. The van der Waals surface area contributed by atoms with Gasteiger partial charge in [0.2, 0.25) is 0 Å². The molecule has 0 saturated carbocycles. The number of ketones is 1. The van der Waals surface area contributed by atoms with Gasteiger partial charge in [-0.2, -0.15) is 0 Å². The minimum absolute atomic E-state index is 0.438. The number of H-pyrrole nitrogens is 1. The van der Waals surface area contributed by atoms with Gasteiger partial charge >= 0.3 is 0 Å². The van der Waals surface area contributed by atoms with E-state index in [1.54, 1.807) is 17.3 Å². The SMILES string of the molecule is O=C(C(=O)N1CCN(c2ccccn2)CC1)c1c[nH]c2ccccc12. The summed E-state index contributed by atoms with van der Waals surface area (Å²) in [6.07, 6.45) is 3.38. The van der Waals surface area contributed by atoms with Gasteiger partial charge in [-0.05, 0) is 18.2 Å². The molecule has 4 rings (SSSR count). The summed E-state index contributed by atoms with van der Waals surface area (Å²) in [6, 6.07) is 13.3. The number of fused-ring (bicyclic) bond motifs is 1. The van der Waals surface area contributed by atoms with Gasteiger partial charge in [0.15, 0.2) is 0 Å². The molecular formula is C19H18N4O2. The van der Waals surface area contributed by atoms with Gasteiger partial charge in [0, 0.05) is 49.5 Å². The van der Waals surface area contributed by atoms with E-state index in [0.29, 0.717) is 31.7 Å². The average Bonchev–Trinajstić information content (AvgIpc) is 3.12. The van der Waals surface area contributed by atoms with Gasteiger partial charge < -0.3 is 14.8 Å². The van der Waals surface area contributed by atoms with E-state index in [2.05, 4.69) is 14.9 Å². The second-order valence-electron chi connectivity index (χ2n) is 6.04. The van der Waals surface area contributed by atoms with Crippen LogP contribution in [0.1, 0.15) is 10.4 Å². The number of amides is 1. The first kappa shape index (κ1) is 15.4. The number of nitrogens with zero attached hydrogens (tertiary/aromatic N) is 3. The molecule has 0 radical (unpaired) electrons. The molecule has 25 heavy (non-hydrogen) atoms. The third kappa shape index (κ3) is 2.87. The summed E-state index contributed by atoms with van der Waals surface area (Å²) in [5.41, 5.74) is 1.30. The molecule has 0 spiro atoms. The number of rotatable bonds is 3. The number of benzene rings is 1. The van der Waals surface area contributed by atoms with Crippen LogP contribution in [-0.4, -0.2) is 52.7 Å². The zero-order valence-corrected chi connectivity index (χ0v) is 13.7. The number of Topliss-reactive ketones (excluding diaryl/α,β-unsaturated/α-hetero) is 1. The van der Waals surface area contributed by atoms with Gasteiger partial charge in [0.1, 0.15) is 5.82 Å². The Morgan fingerprint density at radius 1 is 0.960 bits per heavy atom. The number of aromatic nitrogens is 2. The molecule has 1 N–H and O–H groups in total. The smallest absolute Gasteiger partial charge is 0.295 e. The van der Waals surface area contributed by atoms with Crippen molar-refractivity contribution in [1.82, 2.24) is 14.9 Å². The molecule has 2 aromatic heterocycles. The third-order valence-electron chi connectivity index (χ3n) is 4.57. The maximum Gasteiger partial charge on any atom is 0.295 e. The Kier molecular flexibility index (Phi) is 3.93. The van der Waals surface area contributed by atoms with Crippen molar-refractivity contribution < 1.29 is 9.59 Å². The molecular weight excluding hydrogens is 316 g/mol. The first-order valence-corrected chi connectivity index (χ1v) is 8.30. The molecule has 0 bridgehead atoms. The third-order valence-corrected chi connectivity index (χ3v) is 4.57. The number of hydrogen-bond donors (Lipinski definition) is 1. The highest BCUT2D eigenvalue weighted by Gasteiger charge is 2.28. The average molecular weight is 334 g/mol.